The van der Waals surface area contributed by atoms with Gasteiger partial charge in [0, 0.05) is 35.3 Å². The van der Waals surface area contributed by atoms with Crippen molar-refractivity contribution in [2.24, 2.45) is 0 Å². The van der Waals surface area contributed by atoms with E-state index in [4.69, 9.17) is 11.6 Å². The molecule has 0 N–H and O–H groups in total. The fourth-order valence-electron chi connectivity index (χ4n) is 1.89. The van der Waals surface area contributed by atoms with Crippen molar-refractivity contribution in [3.05, 3.63) is 36.1 Å². The molecule has 4 nitrogen and oxygen atoms in total. The number of thioether (sulfide) groups is 1. The summed E-state index contributed by atoms with van der Waals surface area (Å²) < 4.78 is 2.23. The molecule has 1 aliphatic rings. The minimum absolute atomic E-state index is 0.535. The maximum atomic E-state index is 5.54. The largest absolute Gasteiger partial charge is 0.299 e. The molecule has 0 radical (unpaired) electrons. The number of halogens is 1. The first kappa shape index (κ1) is 12.7. The highest BCUT2D eigenvalue weighted by Gasteiger charge is 2.29. The maximum absolute atomic E-state index is 5.54. The van der Waals surface area contributed by atoms with Crippen LogP contribution in [0, 0.1) is 0 Å². The van der Waals surface area contributed by atoms with Gasteiger partial charge < -0.3 is 0 Å². The Morgan fingerprint density at radius 3 is 3.00 bits per heavy atom. The first-order valence-corrected chi connectivity index (χ1v) is 7.55. The van der Waals surface area contributed by atoms with Gasteiger partial charge in [-0.15, -0.1) is 10.2 Å². The molecule has 0 unspecified atom stereocenters. The zero-order valence-corrected chi connectivity index (χ0v) is 11.8. The van der Waals surface area contributed by atoms with Crippen molar-refractivity contribution >= 4 is 23.4 Å². The Kier molecular flexibility index (Phi) is 3.84. The molecule has 2 heterocycles. The second-order valence-corrected chi connectivity index (χ2v) is 5.56. The van der Waals surface area contributed by atoms with E-state index in [1.54, 1.807) is 18.0 Å². The number of rotatable bonds is 5. The Balaban J connectivity index is 1.92. The van der Waals surface area contributed by atoms with E-state index in [2.05, 4.69) is 19.7 Å². The summed E-state index contributed by atoms with van der Waals surface area (Å²) in [6, 6.07) is 4.47. The smallest absolute Gasteiger partial charge is 0.192 e. The van der Waals surface area contributed by atoms with Gasteiger partial charge in [-0.1, -0.05) is 29.4 Å². The van der Waals surface area contributed by atoms with Crippen molar-refractivity contribution in [3.63, 3.8) is 0 Å². The first-order valence-electron chi connectivity index (χ1n) is 6.13. The second-order valence-electron chi connectivity index (χ2n) is 4.32. The van der Waals surface area contributed by atoms with Crippen molar-refractivity contribution < 1.29 is 0 Å². The van der Waals surface area contributed by atoms with E-state index in [1.165, 1.54) is 18.4 Å². The summed E-state index contributed by atoms with van der Waals surface area (Å²) in [5.74, 6) is 1.72. The molecule has 2 aromatic rings. The molecule has 1 saturated carbocycles. The zero-order chi connectivity index (χ0) is 13.1. The maximum Gasteiger partial charge on any atom is 0.192 e. The van der Waals surface area contributed by atoms with Gasteiger partial charge in [-0.05, 0) is 25.0 Å². The molecule has 0 amide bonds. The zero-order valence-electron chi connectivity index (χ0n) is 10.2. The molecule has 0 atom stereocenters. The number of aromatic nitrogens is 4. The van der Waals surface area contributed by atoms with Crippen LogP contribution in [-0.4, -0.2) is 25.5 Å². The molecule has 0 spiro atoms. The average molecular weight is 293 g/mol. The Bertz CT molecular complexity index is 578. The Labute approximate surface area is 120 Å². The molecule has 0 aromatic carbocycles. The molecule has 2 aromatic heterocycles. The molecule has 19 heavy (non-hydrogen) atoms. The van der Waals surface area contributed by atoms with Crippen LogP contribution in [0.4, 0.5) is 0 Å². The number of hydrogen-bond acceptors (Lipinski definition) is 4. The van der Waals surface area contributed by atoms with E-state index in [-0.39, 0.29) is 0 Å². The van der Waals surface area contributed by atoms with Gasteiger partial charge >= 0.3 is 0 Å². The summed E-state index contributed by atoms with van der Waals surface area (Å²) in [7, 11) is 0. The monoisotopic (exact) mass is 292 g/mol. The molecular formula is C13H13ClN4S. The summed E-state index contributed by atoms with van der Waals surface area (Å²) in [6.45, 7) is 0. The molecule has 0 aliphatic heterocycles. The topological polar surface area (TPSA) is 43.6 Å². The van der Waals surface area contributed by atoms with Crippen LogP contribution in [0.15, 0.2) is 41.3 Å². The SMILES string of the molecule is ClC=CCSc1nnc(-c2cccnc2)n1C1CC1. The van der Waals surface area contributed by atoms with Gasteiger partial charge in [0.2, 0.25) is 0 Å². The molecule has 1 fully saturated rings. The van der Waals surface area contributed by atoms with Crippen LogP contribution in [0.2, 0.25) is 0 Å². The van der Waals surface area contributed by atoms with E-state index in [0.717, 1.165) is 22.3 Å². The van der Waals surface area contributed by atoms with Crippen LogP contribution in [0.1, 0.15) is 18.9 Å². The van der Waals surface area contributed by atoms with Crippen LogP contribution < -0.4 is 0 Å². The number of nitrogens with zero attached hydrogens (tertiary/aromatic N) is 4. The van der Waals surface area contributed by atoms with Crippen molar-refractivity contribution in [2.45, 2.75) is 24.0 Å². The Morgan fingerprint density at radius 2 is 2.32 bits per heavy atom. The van der Waals surface area contributed by atoms with Gasteiger partial charge in [0.25, 0.3) is 0 Å². The van der Waals surface area contributed by atoms with E-state index < -0.39 is 0 Å². The molecule has 6 heteroatoms. The molecule has 1 aliphatic carbocycles. The summed E-state index contributed by atoms with van der Waals surface area (Å²) in [5, 5.41) is 9.57. The predicted octanol–water partition coefficient (Wildman–Crippen LogP) is 3.52. The van der Waals surface area contributed by atoms with Crippen molar-refractivity contribution in [3.8, 4) is 11.4 Å². The second kappa shape index (κ2) is 5.75. The van der Waals surface area contributed by atoms with Gasteiger partial charge in [0.1, 0.15) is 0 Å². The third-order valence-electron chi connectivity index (χ3n) is 2.89. The first-order chi connectivity index (χ1) is 9.40. The minimum Gasteiger partial charge on any atom is -0.299 e. The van der Waals surface area contributed by atoms with Crippen LogP contribution in [0.25, 0.3) is 11.4 Å². The van der Waals surface area contributed by atoms with E-state index in [0.29, 0.717) is 6.04 Å². The van der Waals surface area contributed by atoms with E-state index in [1.807, 2.05) is 24.4 Å². The Hall–Kier alpha value is -1.33. The lowest BCUT2D eigenvalue weighted by atomic mass is 10.3. The number of hydrogen-bond donors (Lipinski definition) is 0. The van der Waals surface area contributed by atoms with Crippen molar-refractivity contribution in [2.75, 3.05) is 5.75 Å². The predicted molar refractivity (Wildman–Crippen MR) is 77.2 cm³/mol. The third kappa shape index (κ3) is 2.82. The van der Waals surface area contributed by atoms with Gasteiger partial charge in [-0.2, -0.15) is 0 Å². The van der Waals surface area contributed by atoms with Crippen LogP contribution in [0.3, 0.4) is 0 Å². The van der Waals surface area contributed by atoms with Gasteiger partial charge in [0.05, 0.1) is 0 Å². The standard InChI is InChI=1S/C13H13ClN4S/c14-6-2-8-19-13-17-16-12(18(13)11-4-5-11)10-3-1-7-15-9-10/h1-3,6-7,9,11H,4-5,8H2. The van der Waals surface area contributed by atoms with Gasteiger partial charge in [0.15, 0.2) is 11.0 Å². The lowest BCUT2D eigenvalue weighted by Gasteiger charge is -2.07. The average Bonchev–Trinajstić information content (AvgIpc) is 3.21. The minimum atomic E-state index is 0.535. The molecule has 0 saturated heterocycles. The highest BCUT2D eigenvalue weighted by molar-refractivity contribution is 7.99. The number of pyridine rings is 1. The highest BCUT2D eigenvalue weighted by atomic mass is 35.5. The summed E-state index contributed by atoms with van der Waals surface area (Å²) in [6.07, 6.45) is 7.90. The van der Waals surface area contributed by atoms with Crippen molar-refractivity contribution in [1.82, 2.24) is 19.7 Å². The van der Waals surface area contributed by atoms with Crippen LogP contribution in [-0.2, 0) is 0 Å². The fraction of sp³-hybridized carbons (Fsp3) is 0.308. The molecule has 0 bridgehead atoms. The van der Waals surface area contributed by atoms with Gasteiger partial charge in [-0.25, -0.2) is 0 Å². The van der Waals surface area contributed by atoms with Gasteiger partial charge in [-0.3, -0.25) is 9.55 Å². The third-order valence-corrected chi connectivity index (χ3v) is 3.97. The quantitative estimate of drug-likeness (QED) is 0.791. The Morgan fingerprint density at radius 1 is 1.42 bits per heavy atom. The summed E-state index contributed by atoms with van der Waals surface area (Å²) in [5.41, 5.74) is 2.55. The van der Waals surface area contributed by atoms with E-state index >= 15 is 0 Å². The van der Waals surface area contributed by atoms with E-state index in [9.17, 15) is 0 Å². The van der Waals surface area contributed by atoms with Crippen LogP contribution in [0.5, 0.6) is 0 Å². The lowest BCUT2D eigenvalue weighted by molar-refractivity contribution is 0.669. The lowest BCUT2D eigenvalue weighted by Crippen LogP contribution is -1.99. The molecular weight excluding hydrogens is 280 g/mol. The molecule has 98 valence electrons. The highest BCUT2D eigenvalue weighted by Crippen LogP contribution is 2.40. The summed E-state index contributed by atoms with van der Waals surface area (Å²) >= 11 is 7.19. The summed E-state index contributed by atoms with van der Waals surface area (Å²) in [4.78, 5) is 4.15. The van der Waals surface area contributed by atoms with Crippen LogP contribution >= 0.6 is 23.4 Å². The normalized spacial score (nSPS) is 15.2. The fourth-order valence-corrected chi connectivity index (χ4v) is 2.90. The molecule has 3 rings (SSSR count). The van der Waals surface area contributed by atoms with Crippen molar-refractivity contribution in [1.29, 1.82) is 0 Å².